The molecule has 1 unspecified atom stereocenters. The van der Waals surface area contributed by atoms with Gasteiger partial charge in [-0.3, -0.25) is 14.5 Å². The van der Waals surface area contributed by atoms with E-state index in [0.29, 0.717) is 40.8 Å². The zero-order valence-corrected chi connectivity index (χ0v) is 19.6. The number of nitrogens with zero attached hydrogens (tertiary/aromatic N) is 2. The summed E-state index contributed by atoms with van der Waals surface area (Å²) in [4.78, 5) is 31.5. The summed E-state index contributed by atoms with van der Waals surface area (Å²) in [5.74, 6) is 0.238. The number of aliphatic imine (C=N–C) groups is 1. The monoisotopic (exact) mass is 493 g/mol. The molecular weight excluding hydrogens is 474 g/mol. The predicted octanol–water partition coefficient (Wildman–Crippen LogP) is 3.78. The number of rotatable bonds is 6. The first kappa shape index (κ1) is 22.3. The van der Waals surface area contributed by atoms with Crippen LogP contribution in [0.15, 0.2) is 77.2 Å². The summed E-state index contributed by atoms with van der Waals surface area (Å²) in [7, 11) is 0. The fourth-order valence-electron chi connectivity index (χ4n) is 3.90. The maximum Gasteiger partial charge on any atom is 0.251 e. The van der Waals surface area contributed by atoms with Crippen molar-refractivity contribution in [3.05, 3.63) is 93.9 Å². The number of benzene rings is 2. The van der Waals surface area contributed by atoms with Crippen LogP contribution >= 0.6 is 23.8 Å². The van der Waals surface area contributed by atoms with Gasteiger partial charge in [-0.1, -0.05) is 35.9 Å². The van der Waals surface area contributed by atoms with Crippen LogP contribution in [0.3, 0.4) is 0 Å². The minimum absolute atomic E-state index is 0.126. The molecule has 0 spiro atoms. The van der Waals surface area contributed by atoms with Gasteiger partial charge in [-0.2, -0.15) is 0 Å². The Morgan fingerprint density at radius 2 is 1.79 bits per heavy atom. The molecule has 34 heavy (non-hydrogen) atoms. The van der Waals surface area contributed by atoms with Gasteiger partial charge >= 0.3 is 0 Å². The van der Waals surface area contributed by atoms with Crippen LogP contribution in [-0.2, 0) is 27.2 Å². The second kappa shape index (κ2) is 9.40. The topological polar surface area (TPSA) is 80.2 Å². The van der Waals surface area contributed by atoms with E-state index in [1.54, 1.807) is 24.3 Å². The average molecular weight is 494 g/mol. The average Bonchev–Trinajstić information content (AvgIpc) is 3.30. The molecule has 1 N–H and O–H groups in total. The van der Waals surface area contributed by atoms with Crippen LogP contribution in [0.4, 0.5) is 0 Å². The maximum absolute atomic E-state index is 13.1. The molecule has 1 aliphatic carbocycles. The zero-order valence-electron chi connectivity index (χ0n) is 18.0. The molecule has 3 aliphatic rings. The van der Waals surface area contributed by atoms with E-state index in [1.807, 2.05) is 36.4 Å². The molecule has 0 saturated carbocycles. The Morgan fingerprint density at radius 1 is 1.09 bits per heavy atom. The highest BCUT2D eigenvalue weighted by atomic mass is 35.5. The molecule has 9 heteroatoms. The highest BCUT2D eigenvalue weighted by Gasteiger charge is 2.38. The Bertz CT molecular complexity index is 1250. The van der Waals surface area contributed by atoms with E-state index in [9.17, 15) is 9.59 Å². The van der Waals surface area contributed by atoms with Gasteiger partial charge in [-0.25, -0.2) is 4.99 Å². The van der Waals surface area contributed by atoms with Gasteiger partial charge in [0.15, 0.2) is 11.5 Å². The summed E-state index contributed by atoms with van der Waals surface area (Å²) >= 11 is 11.3. The number of nitrogens with one attached hydrogen (secondary N) is 1. The Kier molecular flexibility index (Phi) is 6.17. The van der Waals surface area contributed by atoms with E-state index in [4.69, 9.17) is 33.3 Å². The molecule has 1 saturated heterocycles. The van der Waals surface area contributed by atoms with Crippen molar-refractivity contribution >= 4 is 46.5 Å². The number of hydrogen-bond donors (Lipinski definition) is 1. The standard InChI is InChI=1S/C25H20ClN3O4S/c26-18-7-3-15(4-8-18)9-10-27-23(30)17-5-1-16(2-6-17)13-29-24(31)19-11-21-22(33-14-32-21)12-20(19)28-25(29)34/h1-8,11-12,19H,9-10,13-14H2,(H,27,30). The lowest BCUT2D eigenvalue weighted by Gasteiger charge is -2.30. The van der Waals surface area contributed by atoms with Crippen molar-refractivity contribution in [2.45, 2.75) is 13.0 Å². The normalized spacial score (nSPS) is 18.7. The summed E-state index contributed by atoms with van der Waals surface area (Å²) in [5.41, 5.74) is 3.04. The smallest absolute Gasteiger partial charge is 0.251 e. The van der Waals surface area contributed by atoms with Crippen LogP contribution < -0.4 is 5.32 Å². The fraction of sp³-hybridized carbons (Fsp3) is 0.200. The Hall–Kier alpha value is -3.49. The van der Waals surface area contributed by atoms with Gasteiger partial charge in [0.1, 0.15) is 5.92 Å². The summed E-state index contributed by atoms with van der Waals surface area (Å²) < 4.78 is 10.8. The summed E-state index contributed by atoms with van der Waals surface area (Å²) in [5, 5.41) is 3.81. The van der Waals surface area contributed by atoms with Crippen molar-refractivity contribution in [3.8, 4) is 0 Å². The number of carbonyl (C=O) groups is 2. The summed E-state index contributed by atoms with van der Waals surface area (Å²) in [6, 6.07) is 14.6. The Labute approximate surface area is 206 Å². The van der Waals surface area contributed by atoms with Crippen LogP contribution in [0.1, 0.15) is 21.5 Å². The van der Waals surface area contributed by atoms with Crippen molar-refractivity contribution in [1.82, 2.24) is 10.2 Å². The van der Waals surface area contributed by atoms with Gasteiger partial charge in [0.25, 0.3) is 5.91 Å². The SMILES string of the molecule is O=C(NCCc1ccc(Cl)cc1)c1ccc(CN2C(=O)C3C=C4OCOC4=CC3=NC2=S)cc1. The molecule has 2 aromatic rings. The molecule has 2 amide bonds. The number of ether oxygens (including phenoxy) is 2. The molecule has 172 valence electrons. The number of carbonyl (C=O) groups excluding carboxylic acids is 2. The van der Waals surface area contributed by atoms with Crippen molar-refractivity contribution in [3.63, 3.8) is 0 Å². The molecule has 2 aromatic carbocycles. The molecule has 2 aliphatic heterocycles. The fourth-order valence-corrected chi connectivity index (χ4v) is 4.28. The number of allylic oxidation sites excluding steroid dienone is 1. The molecular formula is C25H20ClN3O4S. The van der Waals surface area contributed by atoms with E-state index in [0.717, 1.165) is 11.1 Å². The lowest BCUT2D eigenvalue weighted by Crippen LogP contribution is -2.45. The van der Waals surface area contributed by atoms with Crippen molar-refractivity contribution < 1.29 is 19.1 Å². The van der Waals surface area contributed by atoms with Crippen LogP contribution in [0.25, 0.3) is 0 Å². The van der Waals surface area contributed by atoms with Gasteiger partial charge in [0.2, 0.25) is 17.8 Å². The van der Waals surface area contributed by atoms with Gasteiger partial charge in [0.05, 0.1) is 12.3 Å². The molecule has 5 rings (SSSR count). The van der Waals surface area contributed by atoms with Crippen LogP contribution in [0, 0.1) is 5.92 Å². The quantitative estimate of drug-likeness (QED) is 0.619. The molecule has 1 fully saturated rings. The second-order valence-electron chi connectivity index (χ2n) is 8.00. The van der Waals surface area contributed by atoms with E-state index in [1.165, 1.54) is 4.90 Å². The van der Waals surface area contributed by atoms with Crippen LogP contribution in [0.2, 0.25) is 5.02 Å². The van der Waals surface area contributed by atoms with E-state index < -0.39 is 5.92 Å². The molecule has 0 radical (unpaired) electrons. The predicted molar refractivity (Wildman–Crippen MR) is 131 cm³/mol. The first-order chi connectivity index (χ1) is 16.5. The van der Waals surface area contributed by atoms with Crippen molar-refractivity contribution in [1.29, 1.82) is 0 Å². The number of amides is 2. The van der Waals surface area contributed by atoms with Crippen LogP contribution in [0.5, 0.6) is 0 Å². The van der Waals surface area contributed by atoms with Crippen LogP contribution in [-0.4, -0.2) is 40.9 Å². The van der Waals surface area contributed by atoms with Gasteiger partial charge in [-0.05, 0) is 60.1 Å². The third-order valence-corrected chi connectivity index (χ3v) is 6.31. The number of thiocarbonyl (C=S) groups is 1. The largest absolute Gasteiger partial charge is 0.454 e. The molecule has 1 atom stereocenters. The summed E-state index contributed by atoms with van der Waals surface area (Å²) in [6.07, 6.45) is 4.13. The van der Waals surface area contributed by atoms with Gasteiger partial charge in [-0.15, -0.1) is 0 Å². The van der Waals surface area contributed by atoms with Gasteiger partial charge < -0.3 is 14.8 Å². The maximum atomic E-state index is 13.1. The minimum Gasteiger partial charge on any atom is -0.454 e. The third kappa shape index (κ3) is 4.60. The third-order valence-electron chi connectivity index (χ3n) is 5.74. The lowest BCUT2D eigenvalue weighted by atomic mass is 9.93. The Morgan fingerprint density at radius 3 is 2.56 bits per heavy atom. The zero-order chi connectivity index (χ0) is 23.7. The minimum atomic E-state index is -0.558. The van der Waals surface area contributed by atoms with E-state index in [-0.39, 0.29) is 30.3 Å². The molecule has 7 nitrogen and oxygen atoms in total. The second-order valence-corrected chi connectivity index (χ2v) is 8.80. The van der Waals surface area contributed by atoms with E-state index >= 15 is 0 Å². The highest BCUT2D eigenvalue weighted by Crippen LogP contribution is 2.31. The molecule has 0 aromatic heterocycles. The van der Waals surface area contributed by atoms with E-state index in [2.05, 4.69) is 10.3 Å². The number of halogens is 1. The first-order valence-corrected chi connectivity index (χ1v) is 11.5. The molecule has 0 bridgehead atoms. The number of fused-ring (bicyclic) bond motifs is 2. The van der Waals surface area contributed by atoms with Crippen molar-refractivity contribution in [2.75, 3.05) is 13.3 Å². The molecule has 2 heterocycles. The summed E-state index contributed by atoms with van der Waals surface area (Å²) in [6.45, 7) is 0.905. The van der Waals surface area contributed by atoms with Crippen molar-refractivity contribution in [2.24, 2.45) is 10.9 Å². The Balaban J connectivity index is 1.20. The lowest BCUT2D eigenvalue weighted by molar-refractivity contribution is -0.129. The highest BCUT2D eigenvalue weighted by molar-refractivity contribution is 7.80. The number of hydrogen-bond acceptors (Lipinski definition) is 5. The first-order valence-electron chi connectivity index (χ1n) is 10.7. The van der Waals surface area contributed by atoms with Gasteiger partial charge in [0, 0.05) is 23.2 Å².